The average molecular weight is 848 g/mol. The highest BCUT2D eigenvalue weighted by atomic mass is 15.1. The standard InChI is InChI=1S/C65H53N/c1-63(2)38-39-64(3,4)60-40-47(34-37-58(60)63)55-42-56-53-29-18-19-31-57(53)65(48-23-10-6-11-24-48,49-25-12-7-13-26-49)59(56)43-62(55)66(50-35-32-45(33-36-50)44-20-8-5-9-21-44)61-41-46-22-14-15-27-51(46)52-28-16-17-30-54(52)61/h5-37,40-43H,38-39H2,1-4H3. The first-order valence-corrected chi connectivity index (χ1v) is 23.6. The smallest absolute Gasteiger partial charge is 0.0714 e. The molecule has 0 saturated heterocycles. The van der Waals surface area contributed by atoms with Crippen molar-refractivity contribution in [3.8, 4) is 33.4 Å². The van der Waals surface area contributed by atoms with E-state index in [1.165, 1.54) is 94.7 Å². The topological polar surface area (TPSA) is 3.24 Å². The van der Waals surface area contributed by atoms with Gasteiger partial charge in [-0.05, 0) is 131 Å². The molecule has 318 valence electrons. The van der Waals surface area contributed by atoms with E-state index in [0.29, 0.717) is 0 Å². The van der Waals surface area contributed by atoms with Crippen LogP contribution >= 0.6 is 0 Å². The van der Waals surface area contributed by atoms with Crippen molar-refractivity contribution in [2.45, 2.75) is 56.8 Å². The maximum absolute atomic E-state index is 2.58. The van der Waals surface area contributed by atoms with E-state index in [4.69, 9.17) is 0 Å². The Labute approximate surface area is 389 Å². The summed E-state index contributed by atoms with van der Waals surface area (Å²) in [5.74, 6) is 0. The molecule has 12 rings (SSSR count). The van der Waals surface area contributed by atoms with Gasteiger partial charge in [0.25, 0.3) is 0 Å². The van der Waals surface area contributed by atoms with Crippen LogP contribution in [0, 0.1) is 0 Å². The van der Waals surface area contributed by atoms with Gasteiger partial charge in [-0.1, -0.05) is 222 Å². The van der Waals surface area contributed by atoms with E-state index in [9.17, 15) is 0 Å². The SMILES string of the molecule is CC1(C)CCC(C)(C)c2cc(-c3cc4c(cc3N(c3ccc(-c5ccccc5)cc3)c3cc5ccccc5c5ccccc35)C(c3ccccc3)(c3ccccc3)c3ccccc3-4)ccc21. The third kappa shape index (κ3) is 6.21. The molecule has 66 heavy (non-hydrogen) atoms. The summed E-state index contributed by atoms with van der Waals surface area (Å²) in [5, 5.41) is 4.93. The second kappa shape index (κ2) is 15.3. The molecule has 1 heteroatoms. The molecule has 0 aliphatic heterocycles. The molecule has 0 saturated carbocycles. The molecule has 10 aromatic rings. The molecular weight excluding hydrogens is 795 g/mol. The van der Waals surface area contributed by atoms with Crippen LogP contribution in [0.25, 0.3) is 54.9 Å². The fourth-order valence-electron chi connectivity index (χ4n) is 11.7. The van der Waals surface area contributed by atoms with E-state index >= 15 is 0 Å². The van der Waals surface area contributed by atoms with E-state index in [2.05, 4.69) is 257 Å². The molecule has 0 amide bonds. The molecule has 2 aliphatic rings. The Kier molecular flexibility index (Phi) is 9.30. The normalized spacial score (nSPS) is 15.2. The van der Waals surface area contributed by atoms with Gasteiger partial charge in [-0.3, -0.25) is 0 Å². The fraction of sp³-hybridized carbons (Fsp3) is 0.138. The van der Waals surface area contributed by atoms with Crippen LogP contribution in [0.15, 0.2) is 224 Å². The summed E-state index contributed by atoms with van der Waals surface area (Å²) in [6.45, 7) is 9.75. The van der Waals surface area contributed by atoms with Gasteiger partial charge in [0.1, 0.15) is 0 Å². The lowest BCUT2D eigenvalue weighted by atomic mass is 9.63. The fourth-order valence-corrected chi connectivity index (χ4v) is 11.7. The summed E-state index contributed by atoms with van der Waals surface area (Å²) in [4.78, 5) is 2.58. The van der Waals surface area contributed by atoms with Crippen LogP contribution in [-0.4, -0.2) is 0 Å². The van der Waals surface area contributed by atoms with Gasteiger partial charge in [0.05, 0.1) is 16.8 Å². The van der Waals surface area contributed by atoms with Crippen LogP contribution in [0.3, 0.4) is 0 Å². The first kappa shape index (κ1) is 40.1. The molecule has 0 N–H and O–H groups in total. The van der Waals surface area contributed by atoms with Crippen LogP contribution in [0.1, 0.15) is 73.9 Å². The number of hydrogen-bond donors (Lipinski definition) is 0. The molecule has 0 aromatic heterocycles. The summed E-state index contributed by atoms with van der Waals surface area (Å²) in [6, 6.07) is 84.4. The highest BCUT2D eigenvalue weighted by molar-refractivity contribution is 6.15. The summed E-state index contributed by atoms with van der Waals surface area (Å²) in [7, 11) is 0. The van der Waals surface area contributed by atoms with Gasteiger partial charge in [0.15, 0.2) is 0 Å². The molecule has 0 spiro atoms. The number of rotatable bonds is 7. The molecule has 1 nitrogen and oxygen atoms in total. The Bertz CT molecular complexity index is 3410. The number of nitrogens with zero attached hydrogens (tertiary/aromatic N) is 1. The summed E-state index contributed by atoms with van der Waals surface area (Å²) >= 11 is 0. The van der Waals surface area contributed by atoms with E-state index < -0.39 is 5.41 Å². The van der Waals surface area contributed by atoms with Gasteiger partial charge in [-0.2, -0.15) is 0 Å². The Morgan fingerprint density at radius 3 is 1.58 bits per heavy atom. The van der Waals surface area contributed by atoms with Crippen molar-refractivity contribution in [1.82, 2.24) is 0 Å². The van der Waals surface area contributed by atoms with Crippen LogP contribution in [0.2, 0.25) is 0 Å². The Hall–Kier alpha value is -7.48. The molecule has 0 bridgehead atoms. The van der Waals surface area contributed by atoms with Gasteiger partial charge in [0.2, 0.25) is 0 Å². The minimum atomic E-state index is -0.572. The Morgan fingerprint density at radius 2 is 0.879 bits per heavy atom. The highest BCUT2D eigenvalue weighted by Crippen LogP contribution is 2.60. The number of hydrogen-bond acceptors (Lipinski definition) is 1. The van der Waals surface area contributed by atoms with Crippen LogP contribution in [0.5, 0.6) is 0 Å². The highest BCUT2D eigenvalue weighted by Gasteiger charge is 2.47. The zero-order valence-electron chi connectivity index (χ0n) is 38.2. The molecule has 0 radical (unpaired) electrons. The van der Waals surface area contributed by atoms with Crippen LogP contribution in [-0.2, 0) is 16.2 Å². The van der Waals surface area contributed by atoms with Crippen LogP contribution < -0.4 is 4.90 Å². The van der Waals surface area contributed by atoms with Crippen molar-refractivity contribution in [2.24, 2.45) is 0 Å². The number of anilines is 3. The van der Waals surface area contributed by atoms with E-state index in [0.717, 1.165) is 23.5 Å². The third-order valence-electron chi connectivity index (χ3n) is 15.2. The second-order valence-corrected chi connectivity index (χ2v) is 19.9. The number of benzene rings is 10. The summed E-state index contributed by atoms with van der Waals surface area (Å²) in [6.07, 6.45) is 2.33. The first-order chi connectivity index (χ1) is 32.2. The summed E-state index contributed by atoms with van der Waals surface area (Å²) < 4.78 is 0. The minimum absolute atomic E-state index is 0.0433. The molecule has 2 aliphatic carbocycles. The molecular formula is C65H53N. The van der Waals surface area contributed by atoms with Gasteiger partial charge in [-0.25, -0.2) is 0 Å². The second-order valence-electron chi connectivity index (χ2n) is 19.9. The third-order valence-corrected chi connectivity index (χ3v) is 15.2. The Balaban J connectivity index is 1.23. The maximum Gasteiger partial charge on any atom is 0.0714 e. The zero-order chi connectivity index (χ0) is 44.6. The minimum Gasteiger partial charge on any atom is -0.309 e. The van der Waals surface area contributed by atoms with Gasteiger partial charge in [-0.15, -0.1) is 0 Å². The first-order valence-electron chi connectivity index (χ1n) is 23.6. The number of fused-ring (bicyclic) bond motifs is 7. The van der Waals surface area contributed by atoms with Gasteiger partial charge >= 0.3 is 0 Å². The maximum atomic E-state index is 2.58. The average Bonchev–Trinajstić information content (AvgIpc) is 3.66. The van der Waals surface area contributed by atoms with Crippen molar-refractivity contribution < 1.29 is 0 Å². The zero-order valence-corrected chi connectivity index (χ0v) is 38.2. The largest absolute Gasteiger partial charge is 0.309 e. The molecule has 0 fully saturated rings. The van der Waals surface area contributed by atoms with Crippen molar-refractivity contribution in [2.75, 3.05) is 4.90 Å². The lowest BCUT2D eigenvalue weighted by Crippen LogP contribution is -2.33. The van der Waals surface area contributed by atoms with Crippen molar-refractivity contribution >= 4 is 38.6 Å². The van der Waals surface area contributed by atoms with Crippen LogP contribution in [0.4, 0.5) is 17.1 Å². The van der Waals surface area contributed by atoms with Crippen molar-refractivity contribution in [1.29, 1.82) is 0 Å². The monoisotopic (exact) mass is 847 g/mol. The molecule has 0 unspecified atom stereocenters. The van der Waals surface area contributed by atoms with E-state index in [1.54, 1.807) is 0 Å². The molecule has 0 heterocycles. The summed E-state index contributed by atoms with van der Waals surface area (Å²) in [5.41, 5.74) is 18.4. The van der Waals surface area contributed by atoms with Gasteiger partial charge in [0, 0.05) is 16.6 Å². The van der Waals surface area contributed by atoms with Crippen molar-refractivity contribution in [3.63, 3.8) is 0 Å². The lowest BCUT2D eigenvalue weighted by molar-refractivity contribution is 0.332. The van der Waals surface area contributed by atoms with Crippen molar-refractivity contribution in [3.05, 3.63) is 258 Å². The van der Waals surface area contributed by atoms with Gasteiger partial charge < -0.3 is 4.90 Å². The lowest BCUT2D eigenvalue weighted by Gasteiger charge is -2.42. The van der Waals surface area contributed by atoms with E-state index in [1.807, 2.05) is 0 Å². The quantitative estimate of drug-likeness (QED) is 0.144. The Morgan fingerprint density at radius 1 is 0.333 bits per heavy atom. The predicted octanol–water partition coefficient (Wildman–Crippen LogP) is 17.5. The van der Waals surface area contributed by atoms with E-state index in [-0.39, 0.29) is 10.8 Å². The molecule has 0 atom stereocenters. The molecule has 10 aromatic carbocycles. The predicted molar refractivity (Wildman–Crippen MR) is 280 cm³/mol.